The Hall–Kier alpha value is -2.60. The van der Waals surface area contributed by atoms with Gasteiger partial charge in [0, 0.05) is 32.4 Å². The fourth-order valence-corrected chi connectivity index (χ4v) is 3.90. The number of rotatable bonds is 6. The van der Waals surface area contributed by atoms with E-state index in [-0.39, 0.29) is 11.4 Å². The van der Waals surface area contributed by atoms with Crippen molar-refractivity contribution < 1.29 is 9.53 Å². The van der Waals surface area contributed by atoms with E-state index in [0.717, 1.165) is 44.1 Å². The normalized spacial score (nSPS) is 14.4. The van der Waals surface area contributed by atoms with Gasteiger partial charge in [-0.25, -0.2) is 9.78 Å². The average molecular weight is 425 g/mol. The molecule has 1 aliphatic heterocycles. The van der Waals surface area contributed by atoms with Crippen molar-refractivity contribution in [3.8, 4) is 0 Å². The number of hydrogen-bond acceptors (Lipinski definition) is 4. The van der Waals surface area contributed by atoms with Crippen LogP contribution in [0.5, 0.6) is 0 Å². The van der Waals surface area contributed by atoms with Crippen molar-refractivity contribution in [1.82, 2.24) is 15.6 Å². The van der Waals surface area contributed by atoms with Crippen LogP contribution in [0.15, 0.2) is 30.5 Å². The topological polar surface area (TPSA) is 66.5 Å². The van der Waals surface area contributed by atoms with E-state index in [1.165, 1.54) is 22.3 Å². The van der Waals surface area contributed by atoms with Crippen molar-refractivity contribution >= 4 is 11.8 Å². The SMILES string of the molecule is Cc1cc(C(C)(C)C)cc(C)c1CCNC(=O)NCc1ccnc(N2CCOCC2)c1. The summed E-state index contributed by atoms with van der Waals surface area (Å²) < 4.78 is 5.40. The molecule has 2 N–H and O–H groups in total. The minimum Gasteiger partial charge on any atom is -0.378 e. The molecular formula is C25H36N4O2. The van der Waals surface area contributed by atoms with Gasteiger partial charge in [0.05, 0.1) is 13.2 Å². The van der Waals surface area contributed by atoms with Crippen LogP contribution >= 0.6 is 0 Å². The number of amides is 2. The lowest BCUT2D eigenvalue weighted by Crippen LogP contribution is -2.37. The minimum atomic E-state index is -0.147. The minimum absolute atomic E-state index is 0.140. The summed E-state index contributed by atoms with van der Waals surface area (Å²) in [6.07, 6.45) is 2.62. The quantitative estimate of drug-likeness (QED) is 0.739. The maximum Gasteiger partial charge on any atom is 0.315 e. The van der Waals surface area contributed by atoms with Crippen LogP contribution in [0.2, 0.25) is 0 Å². The van der Waals surface area contributed by atoms with E-state index in [4.69, 9.17) is 4.74 Å². The number of pyridine rings is 1. The first kappa shape index (κ1) is 23.1. The number of aromatic nitrogens is 1. The van der Waals surface area contributed by atoms with Crippen molar-refractivity contribution in [2.24, 2.45) is 0 Å². The van der Waals surface area contributed by atoms with Crippen LogP contribution in [0.1, 0.15) is 48.6 Å². The van der Waals surface area contributed by atoms with E-state index < -0.39 is 0 Å². The Morgan fingerprint density at radius 1 is 1.10 bits per heavy atom. The molecule has 0 bridgehead atoms. The zero-order valence-electron chi connectivity index (χ0n) is 19.5. The Kier molecular flexibility index (Phi) is 7.55. The van der Waals surface area contributed by atoms with E-state index in [1.54, 1.807) is 6.20 Å². The van der Waals surface area contributed by atoms with Crippen LogP contribution in [-0.4, -0.2) is 43.9 Å². The molecule has 0 atom stereocenters. The zero-order chi connectivity index (χ0) is 22.4. The van der Waals surface area contributed by atoms with Gasteiger partial charge in [0.1, 0.15) is 5.82 Å². The summed E-state index contributed by atoms with van der Waals surface area (Å²) >= 11 is 0. The number of ether oxygens (including phenoxy) is 1. The molecule has 0 saturated carbocycles. The Morgan fingerprint density at radius 2 is 1.77 bits per heavy atom. The molecule has 1 aromatic carbocycles. The summed E-state index contributed by atoms with van der Waals surface area (Å²) in [5.41, 5.74) is 6.43. The molecule has 1 saturated heterocycles. The maximum atomic E-state index is 12.3. The molecule has 168 valence electrons. The molecule has 0 unspecified atom stereocenters. The lowest BCUT2D eigenvalue weighted by molar-refractivity contribution is 0.122. The lowest BCUT2D eigenvalue weighted by atomic mass is 9.83. The summed E-state index contributed by atoms with van der Waals surface area (Å²) in [4.78, 5) is 18.9. The molecule has 1 aromatic heterocycles. The summed E-state index contributed by atoms with van der Waals surface area (Å²) in [5.74, 6) is 0.938. The fraction of sp³-hybridized carbons (Fsp3) is 0.520. The van der Waals surface area contributed by atoms with Gasteiger partial charge >= 0.3 is 6.03 Å². The van der Waals surface area contributed by atoms with Gasteiger partial charge in [0.2, 0.25) is 0 Å². The van der Waals surface area contributed by atoms with Gasteiger partial charge in [0.25, 0.3) is 0 Å². The van der Waals surface area contributed by atoms with E-state index >= 15 is 0 Å². The summed E-state index contributed by atoms with van der Waals surface area (Å²) in [5, 5.41) is 5.94. The van der Waals surface area contributed by atoms with E-state index in [9.17, 15) is 4.79 Å². The molecule has 0 aliphatic carbocycles. The van der Waals surface area contributed by atoms with Crippen LogP contribution in [-0.2, 0) is 23.1 Å². The Balaban J connectivity index is 1.48. The largest absolute Gasteiger partial charge is 0.378 e. The number of urea groups is 1. The van der Waals surface area contributed by atoms with Crippen LogP contribution in [0.3, 0.4) is 0 Å². The molecule has 1 fully saturated rings. The number of morpholine rings is 1. The number of carbonyl (C=O) groups is 1. The first-order valence-corrected chi connectivity index (χ1v) is 11.1. The highest BCUT2D eigenvalue weighted by atomic mass is 16.5. The summed E-state index contributed by atoms with van der Waals surface area (Å²) in [6.45, 7) is 15.3. The number of carbonyl (C=O) groups excluding carboxylic acids is 1. The number of nitrogens with one attached hydrogen (secondary N) is 2. The van der Waals surface area contributed by atoms with Crippen molar-refractivity contribution in [1.29, 1.82) is 0 Å². The molecule has 0 radical (unpaired) electrons. The number of hydrogen-bond donors (Lipinski definition) is 2. The predicted octanol–water partition coefficient (Wildman–Crippen LogP) is 3.87. The second kappa shape index (κ2) is 10.1. The molecule has 31 heavy (non-hydrogen) atoms. The van der Waals surface area contributed by atoms with Crippen LogP contribution < -0.4 is 15.5 Å². The first-order valence-electron chi connectivity index (χ1n) is 11.1. The third-order valence-electron chi connectivity index (χ3n) is 5.82. The third kappa shape index (κ3) is 6.44. The highest BCUT2D eigenvalue weighted by Crippen LogP contribution is 2.27. The fourth-order valence-electron chi connectivity index (χ4n) is 3.90. The van der Waals surface area contributed by atoms with E-state index in [1.807, 2.05) is 12.1 Å². The monoisotopic (exact) mass is 424 g/mol. The second-order valence-electron chi connectivity index (χ2n) is 9.32. The van der Waals surface area contributed by atoms with Crippen LogP contribution in [0.25, 0.3) is 0 Å². The molecule has 6 heteroatoms. The van der Waals surface area contributed by atoms with Crippen molar-refractivity contribution in [2.75, 3.05) is 37.7 Å². The predicted molar refractivity (Wildman–Crippen MR) is 126 cm³/mol. The molecule has 6 nitrogen and oxygen atoms in total. The number of benzene rings is 1. The standard InChI is InChI=1S/C25H36N4O2/c1-18-14-21(25(3,4)5)15-19(2)22(18)7-9-27-24(30)28-17-20-6-8-26-23(16-20)29-10-12-31-13-11-29/h6,8,14-16H,7,9-13,17H2,1-5H3,(H2,27,28,30). The van der Waals surface area contributed by atoms with Crippen molar-refractivity contribution in [3.05, 3.63) is 58.3 Å². The zero-order valence-corrected chi connectivity index (χ0v) is 19.5. The van der Waals surface area contributed by atoms with Crippen LogP contribution in [0.4, 0.5) is 10.6 Å². The molecule has 0 spiro atoms. The number of aryl methyl sites for hydroxylation is 2. The molecule has 3 rings (SSSR count). The molecule has 2 heterocycles. The summed E-state index contributed by atoms with van der Waals surface area (Å²) in [7, 11) is 0. The summed E-state index contributed by atoms with van der Waals surface area (Å²) in [6, 6.07) is 8.38. The van der Waals surface area contributed by atoms with Gasteiger partial charge in [-0.15, -0.1) is 0 Å². The van der Waals surface area contributed by atoms with Crippen molar-refractivity contribution in [2.45, 2.75) is 53.0 Å². The molecule has 2 aromatic rings. The second-order valence-corrected chi connectivity index (χ2v) is 9.32. The van der Waals surface area contributed by atoms with E-state index in [0.29, 0.717) is 13.1 Å². The average Bonchev–Trinajstić information content (AvgIpc) is 2.74. The number of anilines is 1. The van der Waals surface area contributed by atoms with Gasteiger partial charge in [-0.2, -0.15) is 0 Å². The molecule has 2 amide bonds. The van der Waals surface area contributed by atoms with Gasteiger partial charge in [-0.05, 0) is 65.6 Å². The molecule has 1 aliphatic rings. The Labute approximate surface area is 186 Å². The molecular weight excluding hydrogens is 388 g/mol. The highest BCUT2D eigenvalue weighted by molar-refractivity contribution is 5.73. The van der Waals surface area contributed by atoms with E-state index in [2.05, 4.69) is 67.3 Å². The lowest BCUT2D eigenvalue weighted by Gasteiger charge is -2.28. The Morgan fingerprint density at radius 3 is 2.42 bits per heavy atom. The Bertz CT molecular complexity index is 876. The smallest absolute Gasteiger partial charge is 0.315 e. The highest BCUT2D eigenvalue weighted by Gasteiger charge is 2.16. The van der Waals surface area contributed by atoms with Gasteiger partial charge in [0.15, 0.2) is 0 Å². The maximum absolute atomic E-state index is 12.3. The first-order chi connectivity index (χ1) is 14.7. The third-order valence-corrected chi connectivity index (χ3v) is 5.82. The van der Waals surface area contributed by atoms with Crippen molar-refractivity contribution in [3.63, 3.8) is 0 Å². The number of nitrogens with zero attached hydrogens (tertiary/aromatic N) is 2. The van der Waals surface area contributed by atoms with Crippen LogP contribution in [0, 0.1) is 13.8 Å². The van der Waals surface area contributed by atoms with Gasteiger partial charge in [-0.3, -0.25) is 0 Å². The van der Waals surface area contributed by atoms with Gasteiger partial charge < -0.3 is 20.3 Å². The van der Waals surface area contributed by atoms with Gasteiger partial charge in [-0.1, -0.05) is 32.9 Å².